The summed E-state index contributed by atoms with van der Waals surface area (Å²) < 4.78 is 1.92. The highest BCUT2D eigenvalue weighted by atomic mass is 32.2. The molecule has 4 nitrogen and oxygen atoms in total. The molecule has 0 spiro atoms. The van der Waals surface area contributed by atoms with Crippen LogP contribution in [-0.4, -0.2) is 25.5 Å². The van der Waals surface area contributed by atoms with Crippen LogP contribution >= 0.6 is 11.8 Å². The van der Waals surface area contributed by atoms with Crippen molar-refractivity contribution >= 4 is 22.8 Å². The molecule has 1 aromatic carbocycles. The van der Waals surface area contributed by atoms with Crippen LogP contribution in [0.2, 0.25) is 0 Å². The Labute approximate surface area is 127 Å². The highest BCUT2D eigenvalue weighted by molar-refractivity contribution is 7.99. The van der Waals surface area contributed by atoms with Crippen molar-refractivity contribution in [1.29, 1.82) is 0 Å². The van der Waals surface area contributed by atoms with Crippen molar-refractivity contribution in [2.24, 2.45) is 0 Å². The van der Waals surface area contributed by atoms with Gasteiger partial charge in [-0.2, -0.15) is 5.10 Å². The number of thioether (sulfide) groups is 1. The number of hydrogen-bond donors (Lipinski definition) is 0. The molecule has 0 fully saturated rings. The molecule has 5 heteroatoms. The van der Waals surface area contributed by atoms with Crippen LogP contribution in [0.3, 0.4) is 0 Å². The minimum absolute atomic E-state index is 0.720. The van der Waals surface area contributed by atoms with Gasteiger partial charge in [0.1, 0.15) is 11.4 Å². The molecule has 0 aliphatic rings. The number of benzene rings is 1. The van der Waals surface area contributed by atoms with E-state index in [1.807, 2.05) is 35.2 Å². The molecule has 2 aromatic heterocycles. The van der Waals surface area contributed by atoms with Crippen molar-refractivity contribution in [2.75, 3.05) is 5.75 Å². The second kappa shape index (κ2) is 6.54. The molecule has 3 aromatic rings. The van der Waals surface area contributed by atoms with Gasteiger partial charge in [0, 0.05) is 5.75 Å². The Bertz CT molecular complexity index is 736. The maximum atomic E-state index is 4.46. The summed E-state index contributed by atoms with van der Waals surface area (Å²) in [5, 5.41) is 6.46. The molecule has 0 bridgehead atoms. The van der Waals surface area contributed by atoms with Crippen molar-refractivity contribution in [3.8, 4) is 0 Å². The molecule has 0 atom stereocenters. The van der Waals surface area contributed by atoms with E-state index in [9.17, 15) is 0 Å². The monoisotopic (exact) mass is 296 g/mol. The third kappa shape index (κ3) is 3.13. The summed E-state index contributed by atoms with van der Waals surface area (Å²) in [6.45, 7) is 4.46. The zero-order valence-electron chi connectivity index (χ0n) is 11.6. The van der Waals surface area contributed by atoms with Gasteiger partial charge in [-0.3, -0.25) is 0 Å². The molecular weight excluding hydrogens is 280 g/mol. The van der Waals surface area contributed by atoms with E-state index >= 15 is 0 Å². The minimum atomic E-state index is 0.720. The number of aromatic nitrogens is 4. The van der Waals surface area contributed by atoms with Gasteiger partial charge in [-0.05, 0) is 12.0 Å². The van der Waals surface area contributed by atoms with E-state index in [2.05, 4.69) is 33.8 Å². The predicted octanol–water partition coefficient (Wildman–Crippen LogP) is 3.54. The Morgan fingerprint density at radius 3 is 2.86 bits per heavy atom. The summed E-state index contributed by atoms with van der Waals surface area (Å²) >= 11 is 1.72. The minimum Gasteiger partial charge on any atom is -0.243 e. The molecular formula is C16H16N4S. The first-order chi connectivity index (χ1) is 10.4. The van der Waals surface area contributed by atoms with Gasteiger partial charge in [-0.15, -0.1) is 18.3 Å². The van der Waals surface area contributed by atoms with Gasteiger partial charge < -0.3 is 0 Å². The normalized spacial score (nSPS) is 10.9. The van der Waals surface area contributed by atoms with Crippen LogP contribution in [0.15, 0.2) is 60.5 Å². The van der Waals surface area contributed by atoms with Gasteiger partial charge in [-0.1, -0.05) is 36.4 Å². The topological polar surface area (TPSA) is 43.6 Å². The van der Waals surface area contributed by atoms with Crippen LogP contribution in [-0.2, 0) is 6.54 Å². The fourth-order valence-corrected chi connectivity index (χ4v) is 3.00. The lowest BCUT2D eigenvalue weighted by molar-refractivity contribution is 0.703. The highest BCUT2D eigenvalue weighted by Crippen LogP contribution is 2.25. The second-order valence-corrected chi connectivity index (χ2v) is 5.71. The quantitative estimate of drug-likeness (QED) is 0.302. The molecule has 0 radical (unpaired) electrons. The lowest BCUT2D eigenvalue weighted by Gasteiger charge is -2.04. The van der Waals surface area contributed by atoms with Gasteiger partial charge >= 0.3 is 0 Å². The van der Waals surface area contributed by atoms with E-state index in [0.29, 0.717) is 0 Å². The predicted molar refractivity (Wildman–Crippen MR) is 86.4 cm³/mol. The smallest absolute Gasteiger partial charge is 0.162 e. The Kier molecular flexibility index (Phi) is 4.31. The standard InChI is InChI=1S/C16H16N4S/c1-2-3-9-21-16-14-10-19-20(15(14)17-12-18-16)11-13-7-5-4-6-8-13/h2,4-8,10,12H,1,3,9,11H2. The van der Waals surface area contributed by atoms with Crippen molar-refractivity contribution in [3.05, 3.63) is 61.1 Å². The SMILES string of the molecule is C=CCCSc1ncnc2c1cnn2Cc1ccccc1. The van der Waals surface area contributed by atoms with Crippen LogP contribution in [0.1, 0.15) is 12.0 Å². The van der Waals surface area contributed by atoms with E-state index in [-0.39, 0.29) is 0 Å². The van der Waals surface area contributed by atoms with E-state index in [4.69, 9.17) is 0 Å². The lowest BCUT2D eigenvalue weighted by atomic mass is 10.2. The largest absolute Gasteiger partial charge is 0.243 e. The average molecular weight is 296 g/mol. The molecule has 0 aliphatic heterocycles. The first kappa shape index (κ1) is 13.8. The molecule has 0 N–H and O–H groups in total. The van der Waals surface area contributed by atoms with Crippen LogP contribution in [0.4, 0.5) is 0 Å². The average Bonchev–Trinajstić information content (AvgIpc) is 2.93. The van der Waals surface area contributed by atoms with Gasteiger partial charge in [0.15, 0.2) is 5.65 Å². The Morgan fingerprint density at radius 1 is 1.19 bits per heavy atom. The molecule has 106 valence electrons. The number of fused-ring (bicyclic) bond motifs is 1. The van der Waals surface area contributed by atoms with Gasteiger partial charge in [0.05, 0.1) is 18.1 Å². The first-order valence-electron chi connectivity index (χ1n) is 6.82. The van der Waals surface area contributed by atoms with Crippen molar-refractivity contribution in [1.82, 2.24) is 19.7 Å². The van der Waals surface area contributed by atoms with Gasteiger partial charge in [0.25, 0.3) is 0 Å². The van der Waals surface area contributed by atoms with Crippen LogP contribution in [0, 0.1) is 0 Å². The molecule has 0 amide bonds. The summed E-state index contributed by atoms with van der Waals surface area (Å²) in [5.41, 5.74) is 2.09. The van der Waals surface area contributed by atoms with Crippen LogP contribution < -0.4 is 0 Å². The van der Waals surface area contributed by atoms with E-state index in [0.717, 1.165) is 34.8 Å². The maximum absolute atomic E-state index is 4.46. The Balaban J connectivity index is 1.88. The lowest BCUT2D eigenvalue weighted by Crippen LogP contribution is -2.02. The molecule has 21 heavy (non-hydrogen) atoms. The number of rotatable bonds is 6. The molecule has 0 saturated heterocycles. The third-order valence-electron chi connectivity index (χ3n) is 3.13. The van der Waals surface area contributed by atoms with E-state index in [1.165, 1.54) is 5.56 Å². The maximum Gasteiger partial charge on any atom is 0.162 e. The van der Waals surface area contributed by atoms with Crippen LogP contribution in [0.5, 0.6) is 0 Å². The third-order valence-corrected chi connectivity index (χ3v) is 4.17. The summed E-state index contributed by atoms with van der Waals surface area (Å²) in [6, 6.07) is 10.3. The Hall–Kier alpha value is -2.14. The van der Waals surface area contributed by atoms with Crippen molar-refractivity contribution < 1.29 is 0 Å². The van der Waals surface area contributed by atoms with E-state index < -0.39 is 0 Å². The van der Waals surface area contributed by atoms with E-state index in [1.54, 1.807) is 18.1 Å². The second-order valence-electron chi connectivity index (χ2n) is 4.63. The fraction of sp³-hybridized carbons (Fsp3) is 0.188. The molecule has 0 unspecified atom stereocenters. The molecule has 0 saturated carbocycles. The van der Waals surface area contributed by atoms with Crippen molar-refractivity contribution in [2.45, 2.75) is 18.0 Å². The first-order valence-corrected chi connectivity index (χ1v) is 7.81. The summed E-state index contributed by atoms with van der Waals surface area (Å²) in [5.74, 6) is 0.972. The summed E-state index contributed by atoms with van der Waals surface area (Å²) in [7, 11) is 0. The fourth-order valence-electron chi connectivity index (χ4n) is 2.10. The molecule has 3 rings (SSSR count). The van der Waals surface area contributed by atoms with Gasteiger partial charge in [0.2, 0.25) is 0 Å². The Morgan fingerprint density at radius 2 is 2.05 bits per heavy atom. The zero-order chi connectivity index (χ0) is 14.5. The van der Waals surface area contributed by atoms with Crippen LogP contribution in [0.25, 0.3) is 11.0 Å². The number of allylic oxidation sites excluding steroid dienone is 1. The van der Waals surface area contributed by atoms with Gasteiger partial charge in [-0.25, -0.2) is 14.6 Å². The summed E-state index contributed by atoms with van der Waals surface area (Å²) in [6.07, 6.45) is 6.36. The zero-order valence-corrected chi connectivity index (χ0v) is 12.5. The number of nitrogens with zero attached hydrogens (tertiary/aromatic N) is 4. The summed E-state index contributed by atoms with van der Waals surface area (Å²) in [4.78, 5) is 8.75. The molecule has 0 aliphatic carbocycles. The number of hydrogen-bond acceptors (Lipinski definition) is 4. The molecule has 2 heterocycles. The van der Waals surface area contributed by atoms with Crippen molar-refractivity contribution in [3.63, 3.8) is 0 Å². The highest BCUT2D eigenvalue weighted by Gasteiger charge is 2.10.